The summed E-state index contributed by atoms with van der Waals surface area (Å²) in [4.78, 5) is 0. The largest absolute Gasteiger partial charge is 0.508 e. The number of aromatic hydroxyl groups is 3. The van der Waals surface area contributed by atoms with Gasteiger partial charge in [0.1, 0.15) is 5.75 Å². The van der Waals surface area contributed by atoms with Crippen molar-refractivity contribution in [2.45, 2.75) is 19.3 Å². The average molecular weight is 300 g/mol. The van der Waals surface area contributed by atoms with E-state index in [0.717, 1.165) is 42.0 Å². The quantitative estimate of drug-likeness (QED) is 0.381. The lowest BCUT2D eigenvalue weighted by Gasteiger charge is -2.04. The van der Waals surface area contributed by atoms with E-state index < -0.39 is 0 Å². The van der Waals surface area contributed by atoms with Crippen LogP contribution >= 0.6 is 0 Å². The maximum Gasteiger partial charge on any atom is 0.159 e. The molecule has 1 unspecified atom stereocenters. The molecule has 2 aliphatic rings. The van der Waals surface area contributed by atoms with Gasteiger partial charge in [0.15, 0.2) is 11.5 Å². The fourth-order valence-electron chi connectivity index (χ4n) is 2.85. The third-order valence-corrected chi connectivity index (χ3v) is 4.12. The summed E-state index contributed by atoms with van der Waals surface area (Å²) in [5.41, 5.74) is 4.14. The maximum atomic E-state index is 9.29. The van der Waals surface area contributed by atoms with E-state index in [1.165, 1.54) is 0 Å². The van der Waals surface area contributed by atoms with Gasteiger partial charge in [0.25, 0.3) is 0 Å². The molecule has 0 spiro atoms. The Morgan fingerprint density at radius 2 is 1.73 bits per heavy atom. The van der Waals surface area contributed by atoms with Gasteiger partial charge in [0.2, 0.25) is 0 Å². The van der Waals surface area contributed by atoms with Crippen LogP contribution in [0.2, 0.25) is 0 Å². The molecule has 0 radical (unpaired) electrons. The van der Waals surface area contributed by atoms with Crippen LogP contribution in [-0.2, 0) is 6.42 Å². The van der Waals surface area contributed by atoms with Crippen LogP contribution in [0.25, 0.3) is 0 Å². The molecule has 4 rings (SSSR count). The normalized spacial score (nSPS) is 17.6. The molecular weight excluding hydrogens is 280 g/mol. The zero-order valence-corrected chi connectivity index (χ0v) is 12.4. The van der Waals surface area contributed by atoms with Crippen LogP contribution in [-0.4, -0.2) is 28.4 Å². The van der Waals surface area contributed by atoms with Crippen molar-refractivity contribution in [3.05, 3.63) is 41.5 Å². The van der Waals surface area contributed by atoms with Crippen molar-refractivity contribution < 1.29 is 15.3 Å². The standard InChI is InChI=1S/C9H11NO2.C8H9NO/c1-5-4-10-7-3-9(12)8(11)2-6(5)7;10-8-3-1-2-7-6(8)4-5-9-7/h2-3,5,10-12H,4H2,1H3;1-3,9-10H,4-5H2. The van der Waals surface area contributed by atoms with Gasteiger partial charge in [-0.15, -0.1) is 0 Å². The Morgan fingerprint density at radius 3 is 2.50 bits per heavy atom. The van der Waals surface area contributed by atoms with E-state index >= 15 is 0 Å². The molecule has 5 heteroatoms. The summed E-state index contributed by atoms with van der Waals surface area (Å²) in [6.45, 7) is 3.90. The van der Waals surface area contributed by atoms with Crippen LogP contribution in [0.5, 0.6) is 17.2 Å². The molecule has 0 aliphatic carbocycles. The lowest BCUT2D eigenvalue weighted by atomic mass is 10.0. The van der Waals surface area contributed by atoms with Crippen molar-refractivity contribution in [3.8, 4) is 17.2 Å². The number of benzene rings is 2. The Bertz CT molecular complexity index is 701. The zero-order valence-electron chi connectivity index (χ0n) is 12.4. The van der Waals surface area contributed by atoms with Gasteiger partial charge in [0.05, 0.1) is 0 Å². The van der Waals surface area contributed by atoms with Crippen LogP contribution in [0, 0.1) is 0 Å². The van der Waals surface area contributed by atoms with Crippen LogP contribution in [0.4, 0.5) is 11.4 Å². The van der Waals surface area contributed by atoms with Crippen molar-refractivity contribution in [3.63, 3.8) is 0 Å². The number of hydrogen-bond acceptors (Lipinski definition) is 5. The Balaban J connectivity index is 0.000000133. The van der Waals surface area contributed by atoms with Crippen molar-refractivity contribution in [1.82, 2.24) is 0 Å². The van der Waals surface area contributed by atoms with Crippen LogP contribution < -0.4 is 10.6 Å². The minimum atomic E-state index is -0.0599. The summed E-state index contributed by atoms with van der Waals surface area (Å²) in [6.07, 6.45) is 0.946. The van der Waals surface area contributed by atoms with Crippen LogP contribution in [0.1, 0.15) is 24.0 Å². The minimum absolute atomic E-state index is 0.0377. The lowest BCUT2D eigenvalue weighted by molar-refractivity contribution is 0.403. The molecule has 0 aromatic heterocycles. The molecule has 0 saturated heterocycles. The van der Waals surface area contributed by atoms with Gasteiger partial charge in [-0.05, 0) is 30.2 Å². The molecule has 5 nitrogen and oxygen atoms in total. The summed E-state index contributed by atoms with van der Waals surface area (Å²) in [5, 5.41) is 34.0. The molecule has 2 aromatic rings. The van der Waals surface area contributed by atoms with Crippen molar-refractivity contribution in [2.24, 2.45) is 0 Å². The number of phenols is 3. The Hall–Kier alpha value is -2.56. The molecule has 22 heavy (non-hydrogen) atoms. The summed E-state index contributed by atoms with van der Waals surface area (Å²) >= 11 is 0. The van der Waals surface area contributed by atoms with E-state index in [0.29, 0.717) is 11.7 Å². The molecule has 0 bridgehead atoms. The topological polar surface area (TPSA) is 84.8 Å². The highest BCUT2D eigenvalue weighted by Gasteiger charge is 2.19. The third-order valence-electron chi connectivity index (χ3n) is 4.12. The second-order valence-corrected chi connectivity index (χ2v) is 5.69. The first-order valence-corrected chi connectivity index (χ1v) is 7.40. The molecule has 1 atom stereocenters. The molecule has 0 fully saturated rings. The van der Waals surface area contributed by atoms with Gasteiger partial charge in [0, 0.05) is 42.0 Å². The zero-order chi connectivity index (χ0) is 15.7. The van der Waals surface area contributed by atoms with E-state index in [1.807, 2.05) is 12.1 Å². The number of hydrogen-bond donors (Lipinski definition) is 5. The third kappa shape index (κ3) is 2.62. The fraction of sp³-hybridized carbons (Fsp3) is 0.294. The summed E-state index contributed by atoms with van der Waals surface area (Å²) < 4.78 is 0. The van der Waals surface area contributed by atoms with E-state index in [-0.39, 0.29) is 11.5 Å². The van der Waals surface area contributed by atoms with E-state index in [9.17, 15) is 15.3 Å². The highest BCUT2D eigenvalue weighted by molar-refractivity contribution is 5.64. The first kappa shape index (κ1) is 14.4. The molecule has 0 amide bonds. The van der Waals surface area contributed by atoms with Crippen molar-refractivity contribution in [2.75, 3.05) is 23.7 Å². The van der Waals surface area contributed by atoms with Crippen molar-refractivity contribution >= 4 is 11.4 Å². The lowest BCUT2D eigenvalue weighted by Crippen LogP contribution is -1.95. The summed E-state index contributed by atoms with van der Waals surface area (Å²) in [5.74, 6) is 0.730. The average Bonchev–Trinajstić information content (AvgIpc) is 3.10. The smallest absolute Gasteiger partial charge is 0.159 e. The molecular formula is C17H20N2O3. The number of anilines is 2. The van der Waals surface area contributed by atoms with Gasteiger partial charge < -0.3 is 26.0 Å². The predicted molar refractivity (Wildman–Crippen MR) is 87.0 cm³/mol. The first-order valence-electron chi connectivity index (χ1n) is 7.40. The number of nitrogens with one attached hydrogen (secondary N) is 2. The Morgan fingerprint density at radius 1 is 0.955 bits per heavy atom. The first-order chi connectivity index (χ1) is 10.6. The predicted octanol–water partition coefficient (Wildman–Crippen LogP) is 2.99. The number of fused-ring (bicyclic) bond motifs is 2. The fourth-order valence-corrected chi connectivity index (χ4v) is 2.85. The SMILES string of the molecule is CC1CNc2cc(O)c(O)cc21.Oc1cccc2c1CCN2. The van der Waals surface area contributed by atoms with E-state index in [2.05, 4.69) is 17.6 Å². The van der Waals surface area contributed by atoms with E-state index in [1.54, 1.807) is 18.2 Å². The van der Waals surface area contributed by atoms with Gasteiger partial charge in [-0.2, -0.15) is 0 Å². The molecule has 116 valence electrons. The molecule has 0 saturated carbocycles. The van der Waals surface area contributed by atoms with E-state index in [4.69, 9.17) is 0 Å². The van der Waals surface area contributed by atoms with Crippen LogP contribution in [0.3, 0.4) is 0 Å². The van der Waals surface area contributed by atoms with Gasteiger partial charge in [-0.3, -0.25) is 0 Å². The number of rotatable bonds is 0. The Labute approximate surface area is 129 Å². The summed E-state index contributed by atoms with van der Waals surface area (Å²) in [6, 6.07) is 8.75. The second kappa shape index (κ2) is 5.67. The second-order valence-electron chi connectivity index (χ2n) is 5.69. The molecule has 5 N–H and O–H groups in total. The summed E-state index contributed by atoms with van der Waals surface area (Å²) in [7, 11) is 0. The maximum absolute atomic E-state index is 9.29. The monoisotopic (exact) mass is 300 g/mol. The minimum Gasteiger partial charge on any atom is -0.508 e. The molecule has 2 aromatic carbocycles. The van der Waals surface area contributed by atoms with Crippen molar-refractivity contribution in [1.29, 1.82) is 0 Å². The highest BCUT2D eigenvalue weighted by Crippen LogP contribution is 2.38. The number of phenolic OH excluding ortho intramolecular Hbond substituents is 3. The van der Waals surface area contributed by atoms with Gasteiger partial charge >= 0.3 is 0 Å². The Kier molecular flexibility index (Phi) is 3.71. The van der Waals surface area contributed by atoms with Gasteiger partial charge in [-0.1, -0.05) is 13.0 Å². The molecule has 2 heterocycles. The highest BCUT2D eigenvalue weighted by atomic mass is 16.3. The van der Waals surface area contributed by atoms with Crippen LogP contribution in [0.15, 0.2) is 30.3 Å². The molecule has 2 aliphatic heterocycles. The van der Waals surface area contributed by atoms with Gasteiger partial charge in [-0.25, -0.2) is 0 Å².